The zero-order chi connectivity index (χ0) is 13.0. The summed E-state index contributed by atoms with van der Waals surface area (Å²) in [7, 11) is 1.84. The van der Waals surface area contributed by atoms with Gasteiger partial charge >= 0.3 is 0 Å². The van der Waals surface area contributed by atoms with Gasteiger partial charge in [0.1, 0.15) is 5.69 Å². The van der Waals surface area contributed by atoms with Crippen molar-refractivity contribution < 1.29 is 4.79 Å². The van der Waals surface area contributed by atoms with Crippen LogP contribution in [0, 0.1) is 5.92 Å². The molecule has 2 rings (SSSR count). The molecule has 0 aliphatic heterocycles. The minimum atomic E-state index is -0.0426. The molecule has 0 saturated heterocycles. The third-order valence-corrected chi connectivity index (χ3v) is 3.50. The predicted octanol–water partition coefficient (Wildman–Crippen LogP) is 1.63. The molecule has 1 saturated carbocycles. The second-order valence-corrected chi connectivity index (χ2v) is 4.91. The molecule has 98 valence electrons. The summed E-state index contributed by atoms with van der Waals surface area (Å²) in [6.07, 6.45) is 6.63. The minimum absolute atomic E-state index is 0.0426. The fraction of sp³-hybridized carbons (Fsp3) is 0.538. The topological polar surface area (TPSA) is 71.2 Å². The lowest BCUT2D eigenvalue weighted by atomic mass is 10.1. The molecule has 1 aliphatic carbocycles. The monoisotopic (exact) mass is 248 g/mol. The van der Waals surface area contributed by atoms with Gasteiger partial charge in [0, 0.05) is 19.8 Å². The van der Waals surface area contributed by atoms with Crippen LogP contribution in [0.5, 0.6) is 0 Å². The third kappa shape index (κ3) is 2.98. The largest absolute Gasteiger partial charge is 0.340 e. The number of carbonyl (C=O) groups is 1. The van der Waals surface area contributed by atoms with Gasteiger partial charge < -0.3 is 10.3 Å². The average molecular weight is 248 g/mol. The lowest BCUT2D eigenvalue weighted by Gasteiger charge is -2.20. The number of pyridine rings is 1. The van der Waals surface area contributed by atoms with Crippen molar-refractivity contribution in [2.75, 3.05) is 19.0 Å². The standard InChI is InChI=1S/C13H20N4O/c1-17(9-10-4-2-3-5-10)13(18)12-8-11(16-14)6-7-15-12/h6-8,10H,2-5,9,14H2,1H3,(H,15,16). The van der Waals surface area contributed by atoms with Gasteiger partial charge in [-0.3, -0.25) is 15.6 Å². The van der Waals surface area contributed by atoms with E-state index < -0.39 is 0 Å². The van der Waals surface area contributed by atoms with E-state index in [0.717, 1.165) is 6.54 Å². The van der Waals surface area contributed by atoms with E-state index >= 15 is 0 Å². The van der Waals surface area contributed by atoms with Gasteiger partial charge in [-0.15, -0.1) is 0 Å². The van der Waals surface area contributed by atoms with Crippen molar-refractivity contribution in [2.45, 2.75) is 25.7 Å². The number of nitrogens with zero attached hydrogens (tertiary/aromatic N) is 2. The maximum absolute atomic E-state index is 12.2. The van der Waals surface area contributed by atoms with Gasteiger partial charge in [-0.1, -0.05) is 12.8 Å². The Kier molecular flexibility index (Phi) is 4.15. The third-order valence-electron chi connectivity index (χ3n) is 3.50. The number of rotatable bonds is 4. The van der Waals surface area contributed by atoms with Crippen LogP contribution in [-0.4, -0.2) is 29.4 Å². The number of nitrogens with two attached hydrogens (primary N) is 1. The number of nitrogen functional groups attached to an aromatic ring is 1. The van der Waals surface area contributed by atoms with Crippen LogP contribution in [0.25, 0.3) is 0 Å². The Bertz CT molecular complexity index is 415. The Hall–Kier alpha value is -1.62. The first-order chi connectivity index (χ1) is 8.70. The maximum Gasteiger partial charge on any atom is 0.272 e. The molecule has 1 aromatic rings. The summed E-state index contributed by atoms with van der Waals surface area (Å²) in [4.78, 5) is 18.1. The minimum Gasteiger partial charge on any atom is -0.340 e. The van der Waals surface area contributed by atoms with Crippen molar-refractivity contribution in [3.8, 4) is 0 Å². The van der Waals surface area contributed by atoms with Crippen molar-refractivity contribution in [3.63, 3.8) is 0 Å². The van der Waals surface area contributed by atoms with E-state index in [9.17, 15) is 4.79 Å². The van der Waals surface area contributed by atoms with Crippen molar-refractivity contribution >= 4 is 11.6 Å². The van der Waals surface area contributed by atoms with E-state index in [4.69, 9.17) is 5.84 Å². The van der Waals surface area contributed by atoms with Crippen molar-refractivity contribution in [1.29, 1.82) is 0 Å². The molecule has 0 unspecified atom stereocenters. The van der Waals surface area contributed by atoms with Crippen LogP contribution in [0.15, 0.2) is 18.3 Å². The zero-order valence-corrected chi connectivity index (χ0v) is 10.7. The summed E-state index contributed by atoms with van der Waals surface area (Å²) in [5, 5.41) is 0. The van der Waals surface area contributed by atoms with E-state index in [2.05, 4.69) is 10.4 Å². The predicted molar refractivity (Wildman–Crippen MR) is 71.0 cm³/mol. The summed E-state index contributed by atoms with van der Waals surface area (Å²) < 4.78 is 0. The van der Waals surface area contributed by atoms with E-state index in [0.29, 0.717) is 17.3 Å². The van der Waals surface area contributed by atoms with Crippen LogP contribution < -0.4 is 11.3 Å². The fourth-order valence-electron chi connectivity index (χ4n) is 2.50. The van der Waals surface area contributed by atoms with Crippen LogP contribution in [0.2, 0.25) is 0 Å². The first-order valence-electron chi connectivity index (χ1n) is 6.39. The number of carbonyl (C=O) groups excluding carboxylic acids is 1. The second-order valence-electron chi connectivity index (χ2n) is 4.91. The quantitative estimate of drug-likeness (QED) is 0.627. The van der Waals surface area contributed by atoms with Gasteiger partial charge in [0.05, 0.1) is 5.69 Å². The Morgan fingerprint density at radius 2 is 2.28 bits per heavy atom. The van der Waals surface area contributed by atoms with Crippen LogP contribution in [0.4, 0.5) is 5.69 Å². The number of hydrogen-bond acceptors (Lipinski definition) is 4. The zero-order valence-electron chi connectivity index (χ0n) is 10.7. The number of hydrogen-bond donors (Lipinski definition) is 2. The molecule has 18 heavy (non-hydrogen) atoms. The van der Waals surface area contributed by atoms with Crippen LogP contribution >= 0.6 is 0 Å². The highest BCUT2D eigenvalue weighted by Gasteiger charge is 2.20. The number of hydrazine groups is 1. The number of amides is 1. The normalized spacial score (nSPS) is 15.7. The Balaban J connectivity index is 2.00. The lowest BCUT2D eigenvalue weighted by molar-refractivity contribution is 0.0767. The molecule has 5 heteroatoms. The van der Waals surface area contributed by atoms with Gasteiger partial charge in [0.25, 0.3) is 5.91 Å². The molecule has 0 spiro atoms. The summed E-state index contributed by atoms with van der Waals surface area (Å²) >= 11 is 0. The Labute approximate surface area is 107 Å². The molecule has 1 aromatic heterocycles. The molecule has 1 aliphatic rings. The maximum atomic E-state index is 12.2. The van der Waals surface area contributed by atoms with Gasteiger partial charge in [-0.2, -0.15) is 0 Å². The molecule has 1 fully saturated rings. The van der Waals surface area contributed by atoms with Crippen LogP contribution in [0.1, 0.15) is 36.2 Å². The average Bonchev–Trinajstić information content (AvgIpc) is 2.90. The van der Waals surface area contributed by atoms with E-state index in [1.54, 1.807) is 23.2 Å². The molecule has 0 radical (unpaired) electrons. The van der Waals surface area contributed by atoms with Crippen molar-refractivity contribution in [1.82, 2.24) is 9.88 Å². The lowest BCUT2D eigenvalue weighted by Crippen LogP contribution is -2.31. The van der Waals surface area contributed by atoms with Crippen molar-refractivity contribution in [3.05, 3.63) is 24.0 Å². The van der Waals surface area contributed by atoms with Crippen LogP contribution in [-0.2, 0) is 0 Å². The highest BCUT2D eigenvalue weighted by Crippen LogP contribution is 2.25. The number of anilines is 1. The Morgan fingerprint density at radius 3 is 2.94 bits per heavy atom. The molecular formula is C13H20N4O. The summed E-state index contributed by atoms with van der Waals surface area (Å²) in [5.41, 5.74) is 3.66. The Morgan fingerprint density at radius 1 is 1.56 bits per heavy atom. The molecule has 0 atom stereocenters. The van der Waals surface area contributed by atoms with Gasteiger partial charge in [0.15, 0.2) is 0 Å². The van der Waals surface area contributed by atoms with Gasteiger partial charge in [-0.25, -0.2) is 0 Å². The first-order valence-corrected chi connectivity index (χ1v) is 6.39. The van der Waals surface area contributed by atoms with Crippen molar-refractivity contribution in [2.24, 2.45) is 11.8 Å². The van der Waals surface area contributed by atoms with E-state index in [-0.39, 0.29) is 5.91 Å². The van der Waals surface area contributed by atoms with E-state index in [1.807, 2.05) is 7.05 Å². The second kappa shape index (κ2) is 5.82. The van der Waals surface area contributed by atoms with Crippen LogP contribution in [0.3, 0.4) is 0 Å². The first kappa shape index (κ1) is 12.8. The molecular weight excluding hydrogens is 228 g/mol. The molecule has 5 nitrogen and oxygen atoms in total. The number of nitrogens with one attached hydrogen (secondary N) is 1. The molecule has 1 heterocycles. The molecule has 1 amide bonds. The van der Waals surface area contributed by atoms with Gasteiger partial charge in [-0.05, 0) is 30.9 Å². The molecule has 0 aromatic carbocycles. The molecule has 3 N–H and O–H groups in total. The highest BCUT2D eigenvalue weighted by atomic mass is 16.2. The summed E-state index contributed by atoms with van der Waals surface area (Å²) in [6, 6.07) is 3.40. The smallest absolute Gasteiger partial charge is 0.272 e. The summed E-state index contributed by atoms with van der Waals surface area (Å²) in [5.74, 6) is 5.93. The summed E-state index contributed by atoms with van der Waals surface area (Å²) in [6.45, 7) is 0.820. The highest BCUT2D eigenvalue weighted by molar-refractivity contribution is 5.92. The molecule has 0 bridgehead atoms. The van der Waals surface area contributed by atoms with E-state index in [1.165, 1.54) is 25.7 Å². The number of aromatic nitrogens is 1. The van der Waals surface area contributed by atoms with Gasteiger partial charge in [0.2, 0.25) is 0 Å². The fourth-order valence-corrected chi connectivity index (χ4v) is 2.50. The SMILES string of the molecule is CN(CC1CCCC1)C(=O)c1cc(NN)ccn1.